The van der Waals surface area contributed by atoms with Gasteiger partial charge in [-0.15, -0.1) is 0 Å². The minimum atomic E-state index is -3.32. The van der Waals surface area contributed by atoms with Crippen LogP contribution in [0.15, 0.2) is 94.2 Å². The summed E-state index contributed by atoms with van der Waals surface area (Å²) in [6.45, 7) is 0. The molecule has 0 aliphatic carbocycles. The van der Waals surface area contributed by atoms with Gasteiger partial charge in [-0.25, -0.2) is 8.42 Å². The first-order valence-corrected chi connectivity index (χ1v) is 11.0. The highest BCUT2D eigenvalue weighted by Gasteiger charge is 2.22. The standard InChI is InChI=1S/C23H19NO4S/c1-29(26,27)19-13-11-17(12-14-19)23(25)24-22(16-7-3-2-4-8-16)21-15-18-9-5-6-10-20(18)28-21/h2-15,22H,1H3,(H,24,25). The molecule has 1 N–H and O–H groups in total. The normalized spacial score (nSPS) is 12.6. The van der Waals surface area contributed by atoms with Gasteiger partial charge >= 0.3 is 0 Å². The predicted octanol–water partition coefficient (Wildman–Crippen LogP) is 4.36. The molecule has 1 amide bonds. The second-order valence-corrected chi connectivity index (χ2v) is 8.82. The van der Waals surface area contributed by atoms with Crippen molar-refractivity contribution in [1.29, 1.82) is 0 Å². The summed E-state index contributed by atoms with van der Waals surface area (Å²) in [5.74, 6) is 0.304. The first kappa shape index (κ1) is 19.0. The lowest BCUT2D eigenvalue weighted by Crippen LogP contribution is -2.29. The molecule has 5 nitrogen and oxygen atoms in total. The summed E-state index contributed by atoms with van der Waals surface area (Å²) in [5.41, 5.74) is 2.00. The number of nitrogens with one attached hydrogen (secondary N) is 1. The Morgan fingerprint density at radius 1 is 0.897 bits per heavy atom. The maximum Gasteiger partial charge on any atom is 0.252 e. The number of rotatable bonds is 5. The Labute approximate surface area is 168 Å². The molecule has 3 aromatic carbocycles. The van der Waals surface area contributed by atoms with Crippen LogP contribution in [0.2, 0.25) is 0 Å². The first-order chi connectivity index (χ1) is 13.9. The van der Waals surface area contributed by atoms with Gasteiger partial charge in [0, 0.05) is 17.2 Å². The van der Waals surface area contributed by atoms with E-state index < -0.39 is 15.9 Å². The van der Waals surface area contributed by atoms with E-state index in [4.69, 9.17) is 4.42 Å². The zero-order chi connectivity index (χ0) is 20.4. The highest BCUT2D eigenvalue weighted by atomic mass is 32.2. The van der Waals surface area contributed by atoms with Gasteiger partial charge in [-0.3, -0.25) is 4.79 Å². The van der Waals surface area contributed by atoms with Crippen LogP contribution in [-0.4, -0.2) is 20.6 Å². The number of furan rings is 1. The van der Waals surface area contributed by atoms with Gasteiger partial charge in [-0.1, -0.05) is 48.5 Å². The molecule has 1 atom stereocenters. The van der Waals surface area contributed by atoms with Crippen molar-refractivity contribution in [2.75, 3.05) is 6.26 Å². The third kappa shape index (κ3) is 4.07. The summed E-state index contributed by atoms with van der Waals surface area (Å²) in [5, 5.41) is 3.96. The Bertz CT molecular complexity index is 1230. The van der Waals surface area contributed by atoms with E-state index in [-0.39, 0.29) is 10.8 Å². The zero-order valence-electron chi connectivity index (χ0n) is 15.7. The van der Waals surface area contributed by atoms with Gasteiger partial charge in [0.2, 0.25) is 0 Å². The molecular formula is C23H19NO4S. The molecule has 0 bridgehead atoms. The minimum absolute atomic E-state index is 0.172. The second-order valence-electron chi connectivity index (χ2n) is 6.80. The maximum atomic E-state index is 12.9. The van der Waals surface area contributed by atoms with E-state index in [2.05, 4.69) is 5.32 Å². The molecule has 1 unspecified atom stereocenters. The van der Waals surface area contributed by atoms with E-state index in [1.165, 1.54) is 24.3 Å². The highest BCUT2D eigenvalue weighted by molar-refractivity contribution is 7.90. The predicted molar refractivity (Wildman–Crippen MR) is 112 cm³/mol. The maximum absolute atomic E-state index is 12.9. The molecule has 0 aliphatic rings. The Morgan fingerprint density at radius 2 is 1.55 bits per heavy atom. The number of benzene rings is 3. The molecule has 4 aromatic rings. The van der Waals surface area contributed by atoms with Crippen molar-refractivity contribution in [3.8, 4) is 0 Å². The quantitative estimate of drug-likeness (QED) is 0.535. The van der Waals surface area contributed by atoms with E-state index in [0.717, 1.165) is 22.8 Å². The van der Waals surface area contributed by atoms with Crippen LogP contribution in [0, 0.1) is 0 Å². The van der Waals surface area contributed by atoms with Crippen molar-refractivity contribution in [3.63, 3.8) is 0 Å². The lowest BCUT2D eigenvalue weighted by atomic mass is 10.0. The monoisotopic (exact) mass is 405 g/mol. The van der Waals surface area contributed by atoms with Crippen LogP contribution in [-0.2, 0) is 9.84 Å². The molecule has 0 spiro atoms. The van der Waals surface area contributed by atoms with Crippen molar-refractivity contribution in [2.24, 2.45) is 0 Å². The molecule has 0 saturated carbocycles. The number of carbonyl (C=O) groups is 1. The summed E-state index contributed by atoms with van der Waals surface area (Å²) >= 11 is 0. The summed E-state index contributed by atoms with van der Waals surface area (Å²) in [7, 11) is -3.32. The van der Waals surface area contributed by atoms with Crippen LogP contribution in [0.25, 0.3) is 11.0 Å². The van der Waals surface area contributed by atoms with Gasteiger partial charge in [0.15, 0.2) is 9.84 Å². The number of carbonyl (C=O) groups excluding carboxylic acids is 1. The van der Waals surface area contributed by atoms with Gasteiger partial charge in [-0.2, -0.15) is 0 Å². The average molecular weight is 405 g/mol. The summed E-state index contributed by atoms with van der Waals surface area (Å²) in [6.07, 6.45) is 1.13. The molecule has 4 rings (SSSR count). The molecule has 1 heterocycles. The van der Waals surface area contributed by atoms with Gasteiger partial charge in [0.05, 0.1) is 4.90 Å². The van der Waals surface area contributed by atoms with Crippen LogP contribution in [0.3, 0.4) is 0 Å². The molecule has 0 fully saturated rings. The fourth-order valence-electron chi connectivity index (χ4n) is 3.18. The number of hydrogen-bond donors (Lipinski definition) is 1. The molecule has 0 radical (unpaired) electrons. The largest absolute Gasteiger partial charge is 0.459 e. The van der Waals surface area contributed by atoms with Crippen LogP contribution in [0.4, 0.5) is 0 Å². The third-order valence-corrected chi connectivity index (χ3v) is 5.81. The second kappa shape index (κ2) is 7.56. The van der Waals surface area contributed by atoms with Crippen molar-refractivity contribution in [3.05, 3.63) is 102 Å². The van der Waals surface area contributed by atoms with E-state index in [0.29, 0.717) is 11.3 Å². The van der Waals surface area contributed by atoms with Crippen LogP contribution in [0.5, 0.6) is 0 Å². The van der Waals surface area contributed by atoms with Gasteiger partial charge < -0.3 is 9.73 Å². The molecule has 0 aliphatic heterocycles. The topological polar surface area (TPSA) is 76.4 Å². The number of hydrogen-bond acceptors (Lipinski definition) is 4. The van der Waals surface area contributed by atoms with Crippen molar-refractivity contribution in [1.82, 2.24) is 5.32 Å². The average Bonchev–Trinajstić information content (AvgIpc) is 3.16. The SMILES string of the molecule is CS(=O)(=O)c1ccc(C(=O)NC(c2ccccc2)c2cc3ccccc3o2)cc1. The Hall–Kier alpha value is -3.38. The minimum Gasteiger partial charge on any atom is -0.459 e. The van der Waals surface area contributed by atoms with E-state index in [1.807, 2.05) is 60.7 Å². The fraction of sp³-hybridized carbons (Fsp3) is 0.0870. The lowest BCUT2D eigenvalue weighted by Gasteiger charge is -2.17. The number of fused-ring (bicyclic) bond motifs is 1. The highest BCUT2D eigenvalue weighted by Crippen LogP contribution is 2.28. The van der Waals surface area contributed by atoms with Crippen LogP contribution in [0.1, 0.15) is 27.7 Å². The van der Waals surface area contributed by atoms with Crippen LogP contribution < -0.4 is 5.32 Å². The summed E-state index contributed by atoms with van der Waals surface area (Å²) < 4.78 is 29.3. The lowest BCUT2D eigenvalue weighted by molar-refractivity contribution is 0.0939. The van der Waals surface area contributed by atoms with Crippen molar-refractivity contribution < 1.29 is 17.6 Å². The molecule has 29 heavy (non-hydrogen) atoms. The molecule has 1 aromatic heterocycles. The van der Waals surface area contributed by atoms with Gasteiger partial charge in [-0.05, 0) is 42.0 Å². The Kier molecular flexibility index (Phi) is 4.94. The van der Waals surface area contributed by atoms with Gasteiger partial charge in [0.1, 0.15) is 17.4 Å². The molecule has 6 heteroatoms. The van der Waals surface area contributed by atoms with E-state index in [1.54, 1.807) is 0 Å². The molecular weight excluding hydrogens is 386 g/mol. The summed E-state index contributed by atoms with van der Waals surface area (Å²) in [6, 6.07) is 24.5. The van der Waals surface area contributed by atoms with Gasteiger partial charge in [0.25, 0.3) is 5.91 Å². The molecule has 0 saturated heterocycles. The zero-order valence-corrected chi connectivity index (χ0v) is 16.5. The van der Waals surface area contributed by atoms with Crippen molar-refractivity contribution >= 4 is 26.7 Å². The Balaban J connectivity index is 1.68. The first-order valence-electron chi connectivity index (χ1n) is 9.06. The van der Waals surface area contributed by atoms with Crippen molar-refractivity contribution in [2.45, 2.75) is 10.9 Å². The molecule has 146 valence electrons. The fourth-order valence-corrected chi connectivity index (χ4v) is 3.81. The third-order valence-electron chi connectivity index (χ3n) is 4.68. The van der Waals surface area contributed by atoms with Crippen LogP contribution >= 0.6 is 0 Å². The number of amides is 1. The van der Waals surface area contributed by atoms with E-state index in [9.17, 15) is 13.2 Å². The number of para-hydroxylation sites is 1. The summed E-state index contributed by atoms with van der Waals surface area (Å²) in [4.78, 5) is 13.0. The smallest absolute Gasteiger partial charge is 0.252 e. The Morgan fingerprint density at radius 3 is 2.21 bits per heavy atom. The number of sulfone groups is 1. The van der Waals surface area contributed by atoms with E-state index >= 15 is 0 Å².